The Morgan fingerprint density at radius 1 is 0.519 bits per heavy atom. The number of amides is 1. The fourth-order valence-corrected chi connectivity index (χ4v) is 6.69. The molecule has 0 aromatic rings. The Balaban J connectivity index is 3.57. The third kappa shape index (κ3) is 38.1. The minimum atomic E-state index is -0.694. The number of carbonyl (C=O) groups excluding carboxylic acids is 2. The first-order chi connectivity index (χ1) is 25.5. The summed E-state index contributed by atoms with van der Waals surface area (Å²) in [5.41, 5.74) is 0. The summed E-state index contributed by atoms with van der Waals surface area (Å²) in [6.07, 6.45) is 47.1. The topological polar surface area (TPSA) is 95.9 Å². The van der Waals surface area contributed by atoms with Gasteiger partial charge in [-0.2, -0.15) is 0 Å². The highest BCUT2D eigenvalue weighted by molar-refractivity contribution is 5.76. The van der Waals surface area contributed by atoms with Gasteiger partial charge in [-0.15, -0.1) is 0 Å². The molecule has 1 amide bonds. The number of esters is 1. The number of hydrogen-bond acceptors (Lipinski definition) is 5. The molecule has 6 heteroatoms. The second-order valence-electron chi connectivity index (χ2n) is 15.4. The van der Waals surface area contributed by atoms with Gasteiger partial charge in [0, 0.05) is 12.8 Å². The highest BCUT2D eigenvalue weighted by atomic mass is 16.5. The number of hydrogen-bond donors (Lipinski definition) is 3. The van der Waals surface area contributed by atoms with Crippen molar-refractivity contribution in [2.24, 2.45) is 0 Å². The molecule has 306 valence electrons. The quantitative estimate of drug-likeness (QED) is 0.0330. The van der Waals surface area contributed by atoms with Gasteiger partial charge >= 0.3 is 5.97 Å². The van der Waals surface area contributed by atoms with Crippen LogP contribution in [0.4, 0.5) is 0 Å². The number of aliphatic hydroxyl groups excluding tert-OH is 2. The number of rotatable bonds is 41. The van der Waals surface area contributed by atoms with E-state index in [0.29, 0.717) is 25.9 Å². The summed E-state index contributed by atoms with van der Waals surface area (Å²) in [6, 6.07) is -0.578. The maximum Gasteiger partial charge on any atom is 0.305 e. The minimum absolute atomic E-state index is 0.0456. The van der Waals surface area contributed by atoms with Crippen LogP contribution in [0.15, 0.2) is 24.3 Å². The maximum absolute atomic E-state index is 12.4. The van der Waals surface area contributed by atoms with Gasteiger partial charge in [-0.05, 0) is 70.6 Å². The van der Waals surface area contributed by atoms with Crippen LogP contribution in [0.5, 0.6) is 0 Å². The van der Waals surface area contributed by atoms with E-state index >= 15 is 0 Å². The monoisotopic (exact) mass is 734 g/mol. The van der Waals surface area contributed by atoms with Crippen LogP contribution in [0.1, 0.15) is 232 Å². The van der Waals surface area contributed by atoms with E-state index in [1.807, 2.05) is 0 Å². The summed E-state index contributed by atoms with van der Waals surface area (Å²) >= 11 is 0. The summed E-state index contributed by atoms with van der Waals surface area (Å²) in [7, 11) is 0. The molecule has 0 spiro atoms. The first kappa shape index (κ1) is 50.3. The second-order valence-corrected chi connectivity index (χ2v) is 15.4. The van der Waals surface area contributed by atoms with E-state index in [0.717, 1.165) is 70.6 Å². The van der Waals surface area contributed by atoms with Gasteiger partial charge in [0.1, 0.15) is 0 Å². The van der Waals surface area contributed by atoms with Crippen molar-refractivity contribution < 1.29 is 24.5 Å². The van der Waals surface area contributed by atoms with E-state index in [9.17, 15) is 19.8 Å². The Morgan fingerprint density at radius 3 is 1.42 bits per heavy atom. The van der Waals surface area contributed by atoms with Gasteiger partial charge in [-0.25, -0.2) is 0 Å². The largest absolute Gasteiger partial charge is 0.466 e. The Kier molecular flexibility index (Phi) is 40.7. The molecule has 0 fully saturated rings. The fraction of sp³-hybridized carbons (Fsp3) is 0.870. The standard InChI is InChI=1S/C46H87NO5/c1-3-5-7-9-11-13-15-17-19-22-26-30-34-38-44(49)43(42-48)47-45(50)39-35-31-27-23-21-25-29-33-37-41-52-46(51)40-36-32-28-24-20-18-16-14-12-10-8-6-4-2/h14,16,23,27,43-44,48-49H,3-13,15,17-22,24-26,28-42H2,1-2H3,(H,47,50)/b16-14-,27-23-. The van der Waals surface area contributed by atoms with Crippen molar-refractivity contribution in [2.75, 3.05) is 13.2 Å². The molecule has 2 unspecified atom stereocenters. The van der Waals surface area contributed by atoms with Crippen molar-refractivity contribution in [1.29, 1.82) is 0 Å². The van der Waals surface area contributed by atoms with Gasteiger partial charge in [0.2, 0.25) is 5.91 Å². The van der Waals surface area contributed by atoms with Gasteiger partial charge in [-0.1, -0.05) is 173 Å². The van der Waals surface area contributed by atoms with E-state index in [4.69, 9.17) is 4.74 Å². The lowest BCUT2D eigenvalue weighted by atomic mass is 10.0. The molecular weight excluding hydrogens is 647 g/mol. The molecule has 52 heavy (non-hydrogen) atoms. The van der Waals surface area contributed by atoms with Crippen molar-refractivity contribution in [3.63, 3.8) is 0 Å². The molecule has 0 aromatic carbocycles. The molecular formula is C46H87NO5. The smallest absolute Gasteiger partial charge is 0.305 e. The lowest BCUT2D eigenvalue weighted by Gasteiger charge is -2.22. The van der Waals surface area contributed by atoms with Crippen molar-refractivity contribution >= 4 is 11.9 Å². The van der Waals surface area contributed by atoms with Crippen molar-refractivity contribution in [1.82, 2.24) is 5.32 Å². The number of carbonyl (C=O) groups is 2. The molecule has 0 heterocycles. The van der Waals surface area contributed by atoms with Crippen LogP contribution in [0.25, 0.3) is 0 Å². The van der Waals surface area contributed by atoms with E-state index in [2.05, 4.69) is 43.5 Å². The lowest BCUT2D eigenvalue weighted by molar-refractivity contribution is -0.143. The first-order valence-electron chi connectivity index (χ1n) is 22.6. The lowest BCUT2D eigenvalue weighted by Crippen LogP contribution is -2.45. The molecule has 0 aromatic heterocycles. The fourth-order valence-electron chi connectivity index (χ4n) is 6.69. The molecule has 0 saturated heterocycles. The number of nitrogens with one attached hydrogen (secondary N) is 1. The third-order valence-corrected chi connectivity index (χ3v) is 10.2. The van der Waals surface area contributed by atoms with Crippen LogP contribution in [-0.4, -0.2) is 47.4 Å². The highest BCUT2D eigenvalue weighted by Crippen LogP contribution is 2.15. The van der Waals surface area contributed by atoms with Crippen molar-refractivity contribution in [3.05, 3.63) is 24.3 Å². The van der Waals surface area contributed by atoms with E-state index < -0.39 is 12.1 Å². The minimum Gasteiger partial charge on any atom is -0.466 e. The van der Waals surface area contributed by atoms with Crippen molar-refractivity contribution in [2.45, 2.75) is 244 Å². The number of allylic oxidation sites excluding steroid dienone is 4. The van der Waals surface area contributed by atoms with Crippen LogP contribution >= 0.6 is 0 Å². The molecule has 6 nitrogen and oxygen atoms in total. The zero-order valence-corrected chi connectivity index (χ0v) is 34.5. The van der Waals surface area contributed by atoms with Crippen molar-refractivity contribution in [3.8, 4) is 0 Å². The summed E-state index contributed by atoms with van der Waals surface area (Å²) in [4.78, 5) is 24.3. The molecule has 2 atom stereocenters. The molecule has 3 N–H and O–H groups in total. The first-order valence-corrected chi connectivity index (χ1v) is 22.6. The predicted octanol–water partition coefficient (Wildman–Crippen LogP) is 12.8. The molecule has 0 radical (unpaired) electrons. The zero-order chi connectivity index (χ0) is 38.0. The van der Waals surface area contributed by atoms with Gasteiger partial charge in [0.15, 0.2) is 0 Å². The number of aliphatic hydroxyl groups is 2. The molecule has 0 saturated carbocycles. The Morgan fingerprint density at radius 2 is 0.923 bits per heavy atom. The van der Waals surface area contributed by atoms with Crippen LogP contribution in [0.2, 0.25) is 0 Å². The Hall–Kier alpha value is -1.66. The van der Waals surface area contributed by atoms with Crippen LogP contribution in [0.3, 0.4) is 0 Å². The summed E-state index contributed by atoms with van der Waals surface area (Å²) < 4.78 is 5.41. The number of unbranched alkanes of at least 4 members (excludes halogenated alkanes) is 26. The molecule has 0 aliphatic heterocycles. The Bertz CT molecular complexity index is 813. The van der Waals surface area contributed by atoms with Crippen LogP contribution in [-0.2, 0) is 14.3 Å². The normalized spacial score (nSPS) is 12.9. The van der Waals surface area contributed by atoms with Gasteiger partial charge in [0.05, 0.1) is 25.4 Å². The second kappa shape index (κ2) is 42.1. The van der Waals surface area contributed by atoms with Gasteiger partial charge in [0.25, 0.3) is 0 Å². The van der Waals surface area contributed by atoms with E-state index in [-0.39, 0.29) is 18.5 Å². The molecule has 0 aliphatic rings. The number of ether oxygens (including phenoxy) is 1. The van der Waals surface area contributed by atoms with E-state index in [1.54, 1.807) is 0 Å². The average molecular weight is 734 g/mol. The SMILES string of the molecule is CCCCCC/C=C\CCCCCCCC(=O)OCCCCCC/C=C\CCCC(=O)NC(CO)C(O)CCCCCCCCCCCCCCC. The Labute approximate surface area is 322 Å². The molecule has 0 aliphatic carbocycles. The maximum atomic E-state index is 12.4. The highest BCUT2D eigenvalue weighted by Gasteiger charge is 2.19. The van der Waals surface area contributed by atoms with Gasteiger partial charge < -0.3 is 20.3 Å². The summed E-state index contributed by atoms with van der Waals surface area (Å²) in [5, 5.41) is 23.1. The average Bonchev–Trinajstić information content (AvgIpc) is 3.14. The van der Waals surface area contributed by atoms with E-state index in [1.165, 1.54) is 128 Å². The van der Waals surface area contributed by atoms with Gasteiger partial charge in [-0.3, -0.25) is 9.59 Å². The summed E-state index contributed by atoms with van der Waals surface area (Å²) in [5.74, 6) is -0.143. The van der Waals surface area contributed by atoms with Crippen LogP contribution in [0, 0.1) is 0 Å². The zero-order valence-electron chi connectivity index (χ0n) is 34.5. The third-order valence-electron chi connectivity index (χ3n) is 10.2. The predicted molar refractivity (Wildman–Crippen MR) is 223 cm³/mol. The summed E-state index contributed by atoms with van der Waals surface area (Å²) in [6.45, 7) is 4.82. The molecule has 0 rings (SSSR count). The molecule has 0 bridgehead atoms. The van der Waals surface area contributed by atoms with Crippen LogP contribution < -0.4 is 5.32 Å².